The highest BCUT2D eigenvalue weighted by molar-refractivity contribution is 7.85. The summed E-state index contributed by atoms with van der Waals surface area (Å²) < 4.78 is 32.0. The Morgan fingerprint density at radius 1 is 1.32 bits per heavy atom. The molecule has 0 saturated heterocycles. The fourth-order valence-electron chi connectivity index (χ4n) is 1.37. The van der Waals surface area contributed by atoms with E-state index in [4.69, 9.17) is 4.74 Å². The van der Waals surface area contributed by atoms with Crippen LogP contribution < -0.4 is 4.74 Å². The van der Waals surface area contributed by atoms with Gasteiger partial charge in [0, 0.05) is 23.2 Å². The predicted octanol–water partition coefficient (Wildman–Crippen LogP) is 1.69. The molecule has 102 valence electrons. The molecule has 19 heavy (non-hydrogen) atoms. The molecule has 0 saturated carbocycles. The lowest BCUT2D eigenvalue weighted by Crippen LogP contribution is -2.05. The van der Waals surface area contributed by atoms with Crippen molar-refractivity contribution in [2.45, 2.75) is 5.75 Å². The van der Waals surface area contributed by atoms with Gasteiger partial charge in [-0.2, -0.15) is 8.42 Å². The lowest BCUT2D eigenvalue weighted by molar-refractivity contribution is 0.396. The Labute approximate surface area is 115 Å². The molecule has 0 aliphatic rings. The lowest BCUT2D eigenvalue weighted by Gasteiger charge is -1.99. The van der Waals surface area contributed by atoms with Crippen LogP contribution in [-0.2, 0) is 20.1 Å². The molecule has 0 unspecified atom stereocenters. The summed E-state index contributed by atoms with van der Waals surface area (Å²) >= 11 is 1.36. The second-order valence-corrected chi connectivity index (χ2v) is 6.20. The van der Waals surface area contributed by atoms with Gasteiger partial charge in [-0.3, -0.25) is 4.18 Å². The standard InChI is InChI=1S/C11H12N2O4S2/c1-16-10-4-3-8(5-12-10)11-13-9(6-18-11)7-19(14,15)17-2/h3-6H,7H2,1-2H3. The normalized spacial score (nSPS) is 11.5. The third kappa shape index (κ3) is 3.49. The van der Waals surface area contributed by atoms with Crippen LogP contribution in [0, 0.1) is 0 Å². The number of aromatic nitrogens is 2. The molecule has 0 amide bonds. The second kappa shape index (κ2) is 5.64. The van der Waals surface area contributed by atoms with Gasteiger partial charge in [0.05, 0.1) is 19.9 Å². The fourth-order valence-corrected chi connectivity index (χ4v) is 2.92. The first-order valence-corrected chi connectivity index (χ1v) is 7.73. The summed E-state index contributed by atoms with van der Waals surface area (Å²) in [6, 6.07) is 3.54. The van der Waals surface area contributed by atoms with Gasteiger partial charge in [0.15, 0.2) is 0 Å². The molecule has 0 aliphatic carbocycles. The average Bonchev–Trinajstić information content (AvgIpc) is 2.86. The quantitative estimate of drug-likeness (QED) is 0.782. The Morgan fingerprint density at radius 2 is 2.11 bits per heavy atom. The molecule has 2 aromatic rings. The third-order valence-electron chi connectivity index (χ3n) is 2.32. The molecular formula is C11H12N2O4S2. The van der Waals surface area contributed by atoms with Crippen LogP contribution in [0.15, 0.2) is 23.7 Å². The van der Waals surface area contributed by atoms with Gasteiger partial charge in [0.2, 0.25) is 5.88 Å². The maximum atomic E-state index is 11.3. The number of rotatable bonds is 5. The first kappa shape index (κ1) is 13.9. The van der Waals surface area contributed by atoms with Crippen LogP contribution in [0.5, 0.6) is 5.88 Å². The maximum absolute atomic E-state index is 11.3. The third-order valence-corrected chi connectivity index (χ3v) is 4.42. The van der Waals surface area contributed by atoms with E-state index >= 15 is 0 Å². The van der Waals surface area contributed by atoms with Gasteiger partial charge in [0.25, 0.3) is 10.1 Å². The molecule has 0 radical (unpaired) electrons. The van der Waals surface area contributed by atoms with Gasteiger partial charge >= 0.3 is 0 Å². The van der Waals surface area contributed by atoms with Crippen LogP contribution >= 0.6 is 11.3 Å². The van der Waals surface area contributed by atoms with E-state index in [2.05, 4.69) is 14.2 Å². The zero-order valence-electron chi connectivity index (χ0n) is 10.4. The maximum Gasteiger partial charge on any atom is 0.272 e. The number of thiazole rings is 1. The van der Waals surface area contributed by atoms with Gasteiger partial charge in [-0.15, -0.1) is 11.3 Å². The molecule has 0 fully saturated rings. The van der Waals surface area contributed by atoms with Crippen LogP contribution in [0.2, 0.25) is 0 Å². The van der Waals surface area contributed by atoms with Crippen LogP contribution in [0.1, 0.15) is 5.69 Å². The van der Waals surface area contributed by atoms with E-state index in [0.29, 0.717) is 16.6 Å². The Bertz CT molecular complexity index is 650. The van der Waals surface area contributed by atoms with E-state index in [1.807, 2.05) is 6.07 Å². The summed E-state index contributed by atoms with van der Waals surface area (Å²) in [7, 11) is -0.868. The predicted molar refractivity (Wildman–Crippen MR) is 71.5 cm³/mol. The topological polar surface area (TPSA) is 78.4 Å². The average molecular weight is 300 g/mol. The van der Waals surface area contributed by atoms with Crippen molar-refractivity contribution in [1.82, 2.24) is 9.97 Å². The fraction of sp³-hybridized carbons (Fsp3) is 0.273. The van der Waals surface area contributed by atoms with Crippen molar-refractivity contribution in [2.75, 3.05) is 14.2 Å². The van der Waals surface area contributed by atoms with Crippen LogP contribution in [0.3, 0.4) is 0 Å². The molecule has 8 heteroatoms. The second-order valence-electron chi connectivity index (χ2n) is 3.60. The summed E-state index contributed by atoms with van der Waals surface area (Å²) in [5.41, 5.74) is 1.27. The van der Waals surface area contributed by atoms with Crippen molar-refractivity contribution in [3.05, 3.63) is 29.4 Å². The Balaban J connectivity index is 2.20. The Hall–Kier alpha value is -1.51. The van der Waals surface area contributed by atoms with Crippen LogP contribution in [-0.4, -0.2) is 32.6 Å². The molecule has 0 aromatic carbocycles. The van der Waals surface area contributed by atoms with E-state index in [1.165, 1.54) is 11.3 Å². The van der Waals surface area contributed by atoms with E-state index < -0.39 is 10.1 Å². The summed E-state index contributed by atoms with van der Waals surface area (Å²) in [4.78, 5) is 8.32. The molecule has 2 rings (SSSR count). The highest BCUT2D eigenvalue weighted by Crippen LogP contribution is 2.25. The van der Waals surface area contributed by atoms with Crippen molar-refractivity contribution in [3.63, 3.8) is 0 Å². The minimum absolute atomic E-state index is 0.233. The summed E-state index contributed by atoms with van der Waals surface area (Å²) in [5, 5.41) is 2.40. The number of methoxy groups -OCH3 is 1. The van der Waals surface area contributed by atoms with Crippen LogP contribution in [0.4, 0.5) is 0 Å². The largest absolute Gasteiger partial charge is 0.481 e. The highest BCUT2D eigenvalue weighted by Gasteiger charge is 2.14. The van der Waals surface area contributed by atoms with Crippen LogP contribution in [0.25, 0.3) is 10.6 Å². The van der Waals surface area contributed by atoms with E-state index in [1.54, 1.807) is 24.8 Å². The molecule has 0 atom stereocenters. The lowest BCUT2D eigenvalue weighted by atomic mass is 10.3. The minimum atomic E-state index is -3.54. The molecule has 0 aliphatic heterocycles. The van der Waals surface area contributed by atoms with E-state index in [9.17, 15) is 8.42 Å². The number of ether oxygens (including phenoxy) is 1. The van der Waals surface area contributed by atoms with Crippen molar-refractivity contribution < 1.29 is 17.3 Å². The Morgan fingerprint density at radius 3 is 2.68 bits per heavy atom. The number of hydrogen-bond donors (Lipinski definition) is 0. The summed E-state index contributed by atoms with van der Waals surface area (Å²) in [6.45, 7) is 0. The van der Waals surface area contributed by atoms with Gasteiger partial charge in [-0.1, -0.05) is 0 Å². The molecule has 0 N–H and O–H groups in total. The van der Waals surface area contributed by atoms with E-state index in [-0.39, 0.29) is 5.75 Å². The Kier molecular flexibility index (Phi) is 4.13. The first-order valence-electron chi connectivity index (χ1n) is 5.27. The first-order chi connectivity index (χ1) is 9.04. The molecule has 0 bridgehead atoms. The summed E-state index contributed by atoms with van der Waals surface area (Å²) in [6.07, 6.45) is 1.63. The van der Waals surface area contributed by atoms with Crippen molar-refractivity contribution >= 4 is 21.5 Å². The van der Waals surface area contributed by atoms with Crippen molar-refractivity contribution in [3.8, 4) is 16.5 Å². The molecular weight excluding hydrogens is 288 g/mol. The molecule has 2 heterocycles. The SMILES string of the molecule is COc1ccc(-c2nc(CS(=O)(=O)OC)cs2)cn1. The van der Waals surface area contributed by atoms with Gasteiger partial charge in [-0.05, 0) is 6.07 Å². The number of hydrogen-bond acceptors (Lipinski definition) is 7. The molecule has 2 aromatic heterocycles. The van der Waals surface area contributed by atoms with Gasteiger partial charge in [0.1, 0.15) is 10.8 Å². The molecule has 6 nitrogen and oxygen atoms in total. The van der Waals surface area contributed by atoms with Gasteiger partial charge in [-0.25, -0.2) is 9.97 Å². The van der Waals surface area contributed by atoms with Gasteiger partial charge < -0.3 is 4.74 Å². The zero-order chi connectivity index (χ0) is 13.9. The summed E-state index contributed by atoms with van der Waals surface area (Å²) in [5.74, 6) is 0.284. The minimum Gasteiger partial charge on any atom is -0.481 e. The van der Waals surface area contributed by atoms with E-state index in [0.717, 1.165) is 12.7 Å². The number of nitrogens with zero attached hydrogens (tertiary/aromatic N) is 2. The smallest absolute Gasteiger partial charge is 0.272 e. The van der Waals surface area contributed by atoms with Crippen molar-refractivity contribution in [2.24, 2.45) is 0 Å². The molecule has 0 spiro atoms. The zero-order valence-corrected chi connectivity index (χ0v) is 12.0. The number of pyridine rings is 1. The van der Waals surface area contributed by atoms with Crippen molar-refractivity contribution in [1.29, 1.82) is 0 Å². The highest BCUT2D eigenvalue weighted by atomic mass is 32.2. The monoisotopic (exact) mass is 300 g/mol.